The highest BCUT2D eigenvalue weighted by Gasteiger charge is 2.23. The number of aromatic nitrogens is 3. The smallest absolute Gasteiger partial charge is 0.223 e. The van der Waals surface area contributed by atoms with E-state index in [2.05, 4.69) is 15.1 Å². The molecule has 30 heavy (non-hydrogen) atoms. The Morgan fingerprint density at radius 3 is 2.50 bits per heavy atom. The zero-order valence-electron chi connectivity index (χ0n) is 16.6. The van der Waals surface area contributed by atoms with Crippen molar-refractivity contribution in [3.05, 3.63) is 89.6 Å². The van der Waals surface area contributed by atoms with Gasteiger partial charge < -0.3 is 19.1 Å². The Morgan fingerprint density at radius 2 is 1.83 bits per heavy atom. The van der Waals surface area contributed by atoms with Gasteiger partial charge in [0.05, 0.1) is 12.8 Å². The molecule has 2 aromatic carbocycles. The highest BCUT2D eigenvalue weighted by Crippen LogP contribution is 2.39. The summed E-state index contributed by atoms with van der Waals surface area (Å²) in [7, 11) is 1.56. The zero-order valence-corrected chi connectivity index (χ0v) is 16.6. The van der Waals surface area contributed by atoms with E-state index in [1.54, 1.807) is 44.5 Å². The van der Waals surface area contributed by atoms with Crippen LogP contribution in [0.25, 0.3) is 11.4 Å². The quantitative estimate of drug-likeness (QED) is 0.496. The number of aryl methyl sites for hydroxylation is 1. The molecule has 0 aliphatic heterocycles. The van der Waals surface area contributed by atoms with Crippen molar-refractivity contribution in [1.29, 1.82) is 0 Å². The van der Waals surface area contributed by atoms with Crippen LogP contribution in [0.1, 0.15) is 28.8 Å². The normalized spacial score (nSPS) is 11.8. The minimum absolute atomic E-state index is 0.352. The molecule has 0 saturated carbocycles. The van der Waals surface area contributed by atoms with Crippen molar-refractivity contribution >= 4 is 0 Å². The fourth-order valence-electron chi connectivity index (χ4n) is 3.11. The number of benzene rings is 2. The van der Waals surface area contributed by atoms with Crippen molar-refractivity contribution in [2.75, 3.05) is 7.11 Å². The average Bonchev–Trinajstić information content (AvgIpc) is 3.24. The van der Waals surface area contributed by atoms with Gasteiger partial charge in [-0.05, 0) is 29.8 Å². The molecule has 1 atom stereocenters. The first-order valence-electron chi connectivity index (χ1n) is 9.44. The van der Waals surface area contributed by atoms with Crippen molar-refractivity contribution in [1.82, 2.24) is 15.1 Å². The third kappa shape index (κ3) is 4.16. The summed E-state index contributed by atoms with van der Waals surface area (Å²) in [6.07, 6.45) is 0.623. The molecule has 4 aromatic rings. The van der Waals surface area contributed by atoms with E-state index in [-0.39, 0.29) is 0 Å². The molecular weight excluding hydrogens is 382 g/mol. The maximum absolute atomic E-state index is 11.1. The van der Waals surface area contributed by atoms with Gasteiger partial charge in [-0.3, -0.25) is 4.98 Å². The highest BCUT2D eigenvalue weighted by molar-refractivity contribution is 5.67. The van der Waals surface area contributed by atoms with Crippen molar-refractivity contribution in [2.45, 2.75) is 19.6 Å². The molecule has 0 aliphatic rings. The predicted molar refractivity (Wildman–Crippen MR) is 110 cm³/mol. The van der Waals surface area contributed by atoms with Crippen LogP contribution in [0.4, 0.5) is 0 Å². The maximum atomic E-state index is 11.1. The van der Waals surface area contributed by atoms with Crippen molar-refractivity contribution in [2.24, 2.45) is 0 Å². The van der Waals surface area contributed by atoms with Gasteiger partial charge in [-0.25, -0.2) is 0 Å². The number of ether oxygens (including phenoxy) is 2. The van der Waals surface area contributed by atoms with E-state index in [9.17, 15) is 5.11 Å². The molecule has 7 nitrogen and oxygen atoms in total. The number of rotatable bonds is 7. The van der Waals surface area contributed by atoms with Gasteiger partial charge in [0, 0.05) is 24.2 Å². The number of nitrogens with zero attached hydrogens (tertiary/aromatic N) is 3. The van der Waals surface area contributed by atoms with Crippen LogP contribution >= 0.6 is 0 Å². The third-order valence-corrected chi connectivity index (χ3v) is 4.60. The fourth-order valence-corrected chi connectivity index (χ4v) is 3.11. The molecule has 152 valence electrons. The van der Waals surface area contributed by atoms with E-state index in [1.807, 2.05) is 36.4 Å². The van der Waals surface area contributed by atoms with Crippen molar-refractivity contribution in [3.63, 3.8) is 0 Å². The lowest BCUT2D eigenvalue weighted by Gasteiger charge is -2.18. The molecule has 2 heterocycles. The molecule has 0 aliphatic carbocycles. The minimum Gasteiger partial charge on any atom is -0.493 e. The lowest BCUT2D eigenvalue weighted by atomic mass is 9.98. The number of pyridine rings is 1. The van der Waals surface area contributed by atoms with E-state index in [0.29, 0.717) is 46.6 Å². The van der Waals surface area contributed by atoms with Crippen LogP contribution in [0.2, 0.25) is 0 Å². The monoisotopic (exact) mass is 403 g/mol. The first-order chi connectivity index (χ1) is 14.7. The molecular formula is C23H21N3O4. The molecule has 4 rings (SSSR count). The molecule has 1 unspecified atom stereocenters. The van der Waals surface area contributed by atoms with Gasteiger partial charge in [0.15, 0.2) is 11.5 Å². The van der Waals surface area contributed by atoms with E-state index in [4.69, 9.17) is 14.0 Å². The summed E-state index contributed by atoms with van der Waals surface area (Å²) in [4.78, 5) is 8.59. The van der Waals surface area contributed by atoms with Crippen LogP contribution in [-0.2, 0) is 6.61 Å². The Kier molecular flexibility index (Phi) is 5.72. The first kappa shape index (κ1) is 19.6. The third-order valence-electron chi connectivity index (χ3n) is 4.60. The minimum atomic E-state index is -1.01. The second-order valence-corrected chi connectivity index (χ2v) is 6.66. The molecule has 1 N–H and O–H groups in total. The Hall–Kier alpha value is -3.71. The topological polar surface area (TPSA) is 90.5 Å². The summed E-state index contributed by atoms with van der Waals surface area (Å²) in [5.41, 5.74) is 2.63. The van der Waals surface area contributed by atoms with Crippen LogP contribution in [0.5, 0.6) is 11.5 Å². The van der Waals surface area contributed by atoms with Gasteiger partial charge in [0.1, 0.15) is 12.7 Å². The van der Waals surface area contributed by atoms with Gasteiger partial charge in [-0.2, -0.15) is 4.98 Å². The second-order valence-electron chi connectivity index (χ2n) is 6.66. The molecule has 2 aromatic heterocycles. The number of hydrogen-bond donors (Lipinski definition) is 1. The van der Waals surface area contributed by atoms with E-state index < -0.39 is 6.10 Å². The lowest BCUT2D eigenvalue weighted by Crippen LogP contribution is -2.07. The average molecular weight is 403 g/mol. The molecule has 0 radical (unpaired) electrons. The molecule has 0 amide bonds. The van der Waals surface area contributed by atoms with Crippen LogP contribution in [0, 0.1) is 6.92 Å². The molecule has 0 spiro atoms. The Balaban J connectivity index is 1.77. The molecule has 0 saturated heterocycles. The fraction of sp³-hybridized carbons (Fsp3) is 0.174. The van der Waals surface area contributed by atoms with Crippen LogP contribution in [0.15, 0.2) is 71.4 Å². The van der Waals surface area contributed by atoms with E-state index in [1.165, 1.54) is 0 Å². The van der Waals surface area contributed by atoms with Crippen LogP contribution in [-0.4, -0.2) is 27.3 Å². The number of methoxy groups -OCH3 is 1. The number of aliphatic hydroxyl groups is 1. The summed E-state index contributed by atoms with van der Waals surface area (Å²) >= 11 is 0. The second kappa shape index (κ2) is 8.75. The lowest BCUT2D eigenvalue weighted by molar-refractivity contribution is 0.214. The molecule has 0 bridgehead atoms. The van der Waals surface area contributed by atoms with Gasteiger partial charge in [-0.15, -0.1) is 0 Å². The molecule has 7 heteroatoms. The first-order valence-corrected chi connectivity index (χ1v) is 9.44. The maximum Gasteiger partial charge on any atom is 0.223 e. The molecule has 0 fully saturated rings. The summed E-state index contributed by atoms with van der Waals surface area (Å²) in [5, 5.41) is 15.1. The van der Waals surface area contributed by atoms with Gasteiger partial charge >= 0.3 is 0 Å². The summed E-state index contributed by atoms with van der Waals surface area (Å²) in [6.45, 7) is 2.07. The summed E-state index contributed by atoms with van der Waals surface area (Å²) < 4.78 is 16.7. The van der Waals surface area contributed by atoms with Crippen molar-refractivity contribution in [3.8, 4) is 22.9 Å². The van der Waals surface area contributed by atoms with Crippen LogP contribution < -0.4 is 9.47 Å². The Bertz CT molecular complexity index is 1110. The van der Waals surface area contributed by atoms with Crippen molar-refractivity contribution < 1.29 is 19.1 Å². The van der Waals surface area contributed by atoms with Gasteiger partial charge in [0.25, 0.3) is 0 Å². The SMILES string of the molecule is COc1cc(-c2noc(C)n2)c(C(O)c2ccccn2)cc1OCc1ccccc1. The van der Waals surface area contributed by atoms with Gasteiger partial charge in [0.2, 0.25) is 11.7 Å². The predicted octanol–water partition coefficient (Wildman–Crippen LogP) is 4.11. The van der Waals surface area contributed by atoms with Gasteiger partial charge in [-0.1, -0.05) is 41.6 Å². The van der Waals surface area contributed by atoms with E-state index >= 15 is 0 Å². The van der Waals surface area contributed by atoms with E-state index in [0.717, 1.165) is 5.56 Å². The summed E-state index contributed by atoms with van der Waals surface area (Å²) in [6, 6.07) is 18.7. The number of aliphatic hydroxyl groups excluding tert-OH is 1. The van der Waals surface area contributed by atoms with Crippen LogP contribution in [0.3, 0.4) is 0 Å². The summed E-state index contributed by atoms with van der Waals surface area (Å²) in [5.74, 6) is 1.77. The highest BCUT2D eigenvalue weighted by atomic mass is 16.5. The zero-order chi connectivity index (χ0) is 20.9. The number of hydrogen-bond acceptors (Lipinski definition) is 7. The Morgan fingerprint density at radius 1 is 1.03 bits per heavy atom. The largest absolute Gasteiger partial charge is 0.493 e. The Labute approximate surface area is 173 Å². The standard InChI is InChI=1S/C23H21N3O4/c1-15-25-23(26-30-15)18-13-20(28-2)21(29-14-16-8-4-3-5-9-16)12-17(18)22(27)19-10-6-7-11-24-19/h3-13,22,27H,14H2,1-2H3.